The predicted molar refractivity (Wildman–Crippen MR) is 108 cm³/mol. The van der Waals surface area contributed by atoms with Crippen LogP contribution in [0.25, 0.3) is 11.1 Å². The molecule has 0 atom stereocenters. The molecule has 2 aromatic carbocycles. The van der Waals surface area contributed by atoms with Crippen molar-refractivity contribution in [3.8, 4) is 16.9 Å². The Hall–Kier alpha value is -1.28. The third-order valence-corrected chi connectivity index (χ3v) is 6.88. The highest BCUT2D eigenvalue weighted by Crippen LogP contribution is 2.44. The Balaban J connectivity index is 2.95. The lowest BCUT2D eigenvalue weighted by molar-refractivity contribution is 0.463. The van der Waals surface area contributed by atoms with Crippen LogP contribution in [0, 0.1) is 48.5 Å². The van der Waals surface area contributed by atoms with Crippen LogP contribution >= 0.6 is 15.9 Å². The van der Waals surface area contributed by atoms with Crippen LogP contribution in [0.5, 0.6) is 5.75 Å². The molecule has 0 saturated heterocycles. The molecule has 0 bridgehead atoms. The third kappa shape index (κ3) is 2.79. The molecule has 0 heterocycles. The monoisotopic (exact) mass is 388 g/mol. The summed E-state index contributed by atoms with van der Waals surface area (Å²) >= 11 is 3.74. The van der Waals surface area contributed by atoms with E-state index in [4.69, 9.17) is 0 Å². The first-order chi connectivity index (χ1) is 11.1. The lowest BCUT2D eigenvalue weighted by atomic mass is 9.82. The number of phenols is 1. The molecule has 0 aliphatic carbocycles. The Kier molecular flexibility index (Phi) is 5.49. The largest absolute Gasteiger partial charge is 0.507 e. The topological polar surface area (TPSA) is 20.2 Å². The predicted octanol–water partition coefficient (Wildman–Crippen LogP) is 6.93. The summed E-state index contributed by atoms with van der Waals surface area (Å²) in [5.41, 5.74) is 12.3. The lowest BCUT2D eigenvalue weighted by Crippen LogP contribution is -2.04. The minimum atomic E-state index is 0.479. The molecule has 130 valence electrons. The first kappa shape index (κ1) is 19.1. The van der Waals surface area contributed by atoms with E-state index >= 15 is 0 Å². The highest BCUT2D eigenvalue weighted by molar-refractivity contribution is 9.10. The molecule has 1 nitrogen and oxygen atoms in total. The molecule has 0 amide bonds. The van der Waals surface area contributed by atoms with Gasteiger partial charge in [-0.15, -0.1) is 0 Å². The molecule has 2 aromatic rings. The molecule has 2 heteroatoms. The van der Waals surface area contributed by atoms with Gasteiger partial charge in [-0.25, -0.2) is 0 Å². The highest BCUT2D eigenvalue weighted by atomic mass is 79.9. The van der Waals surface area contributed by atoms with Gasteiger partial charge >= 0.3 is 0 Å². The summed E-state index contributed by atoms with van der Waals surface area (Å²) < 4.78 is 1.19. The van der Waals surface area contributed by atoms with Crippen molar-refractivity contribution < 1.29 is 5.11 Å². The zero-order valence-electron chi connectivity index (χ0n) is 16.2. The standard InChI is InChI=1S/C22H29BrO/c1-9-10-18-11(2)12(3)20(17(8)22(18)24)19-13(4)15(6)21(23)16(7)14(19)5/h24H,9-10H2,1-8H3. The van der Waals surface area contributed by atoms with E-state index < -0.39 is 0 Å². The van der Waals surface area contributed by atoms with Gasteiger partial charge in [-0.2, -0.15) is 0 Å². The summed E-state index contributed by atoms with van der Waals surface area (Å²) in [6.07, 6.45) is 1.97. The normalized spacial score (nSPS) is 11.2. The van der Waals surface area contributed by atoms with Crippen LogP contribution in [-0.4, -0.2) is 5.11 Å². The van der Waals surface area contributed by atoms with Gasteiger partial charge in [-0.05, 0) is 111 Å². The number of hydrogen-bond acceptors (Lipinski definition) is 1. The SMILES string of the molecule is CCCc1c(C)c(C)c(-c2c(C)c(C)c(Br)c(C)c2C)c(C)c1O. The number of phenolic OH excluding ortho intramolecular Hbond substituents is 1. The maximum absolute atomic E-state index is 10.8. The second-order valence-electron chi connectivity index (χ2n) is 7.02. The lowest BCUT2D eigenvalue weighted by Gasteiger charge is -2.24. The van der Waals surface area contributed by atoms with Crippen molar-refractivity contribution >= 4 is 15.9 Å². The Labute approximate surface area is 155 Å². The van der Waals surface area contributed by atoms with E-state index in [0.29, 0.717) is 5.75 Å². The molecule has 0 unspecified atom stereocenters. The fraction of sp³-hybridized carbons (Fsp3) is 0.455. The van der Waals surface area contributed by atoms with Gasteiger partial charge < -0.3 is 5.11 Å². The van der Waals surface area contributed by atoms with Crippen molar-refractivity contribution in [1.29, 1.82) is 0 Å². The quantitative estimate of drug-likeness (QED) is 0.603. The fourth-order valence-corrected chi connectivity index (χ4v) is 4.38. The van der Waals surface area contributed by atoms with Crippen LogP contribution in [0.2, 0.25) is 0 Å². The van der Waals surface area contributed by atoms with E-state index in [2.05, 4.69) is 71.3 Å². The summed E-state index contributed by atoms with van der Waals surface area (Å²) in [6, 6.07) is 0. The van der Waals surface area contributed by atoms with Gasteiger partial charge in [0.1, 0.15) is 5.75 Å². The summed E-state index contributed by atoms with van der Waals surface area (Å²) in [4.78, 5) is 0. The van der Waals surface area contributed by atoms with E-state index in [-0.39, 0.29) is 0 Å². The van der Waals surface area contributed by atoms with Gasteiger partial charge in [0.25, 0.3) is 0 Å². The Morgan fingerprint density at radius 1 is 0.667 bits per heavy atom. The van der Waals surface area contributed by atoms with E-state index in [9.17, 15) is 5.11 Å². The van der Waals surface area contributed by atoms with Gasteiger partial charge in [0.2, 0.25) is 0 Å². The molecule has 0 aromatic heterocycles. The van der Waals surface area contributed by atoms with Gasteiger partial charge in [0.05, 0.1) is 0 Å². The third-order valence-electron chi connectivity index (χ3n) is 5.69. The molecule has 0 saturated carbocycles. The van der Waals surface area contributed by atoms with Crippen LogP contribution < -0.4 is 0 Å². The number of benzene rings is 2. The number of halogens is 1. The molecule has 24 heavy (non-hydrogen) atoms. The Morgan fingerprint density at radius 2 is 1.08 bits per heavy atom. The summed E-state index contributed by atoms with van der Waals surface area (Å²) in [5.74, 6) is 0.479. The fourth-order valence-electron chi connectivity index (χ4n) is 3.79. The first-order valence-electron chi connectivity index (χ1n) is 8.72. The van der Waals surface area contributed by atoms with Crippen LogP contribution in [0.1, 0.15) is 57.9 Å². The molecule has 0 aliphatic rings. The summed E-state index contributed by atoms with van der Waals surface area (Å²) in [5, 5.41) is 10.8. The van der Waals surface area contributed by atoms with Crippen LogP contribution in [0.15, 0.2) is 4.47 Å². The smallest absolute Gasteiger partial charge is 0.122 e. The Bertz CT molecular complexity index is 758. The number of rotatable bonds is 3. The maximum atomic E-state index is 10.8. The summed E-state index contributed by atoms with van der Waals surface area (Å²) in [6.45, 7) is 17.3. The average molecular weight is 389 g/mol. The van der Waals surface area contributed by atoms with E-state index in [1.165, 1.54) is 49.0 Å². The number of aromatic hydroxyl groups is 1. The average Bonchev–Trinajstić information content (AvgIpc) is 2.56. The van der Waals surface area contributed by atoms with E-state index in [0.717, 1.165) is 24.0 Å². The van der Waals surface area contributed by atoms with Crippen LogP contribution in [-0.2, 0) is 6.42 Å². The molecular formula is C22H29BrO. The van der Waals surface area contributed by atoms with Crippen molar-refractivity contribution in [2.45, 2.75) is 68.2 Å². The van der Waals surface area contributed by atoms with Crippen molar-refractivity contribution in [3.63, 3.8) is 0 Å². The molecule has 2 rings (SSSR count). The van der Waals surface area contributed by atoms with E-state index in [1.807, 2.05) is 0 Å². The van der Waals surface area contributed by atoms with Gasteiger partial charge in [-0.3, -0.25) is 0 Å². The van der Waals surface area contributed by atoms with Gasteiger partial charge in [-0.1, -0.05) is 29.3 Å². The van der Waals surface area contributed by atoms with E-state index in [1.54, 1.807) is 0 Å². The Morgan fingerprint density at radius 3 is 1.54 bits per heavy atom. The molecule has 0 fully saturated rings. The van der Waals surface area contributed by atoms with Crippen molar-refractivity contribution in [2.75, 3.05) is 0 Å². The van der Waals surface area contributed by atoms with Crippen molar-refractivity contribution in [2.24, 2.45) is 0 Å². The zero-order chi connectivity index (χ0) is 18.3. The number of hydrogen-bond donors (Lipinski definition) is 1. The maximum Gasteiger partial charge on any atom is 0.122 e. The molecule has 0 aliphatic heterocycles. The second-order valence-corrected chi connectivity index (χ2v) is 7.81. The van der Waals surface area contributed by atoms with Gasteiger partial charge in [0.15, 0.2) is 0 Å². The highest BCUT2D eigenvalue weighted by Gasteiger charge is 2.22. The van der Waals surface area contributed by atoms with Gasteiger partial charge in [0, 0.05) is 4.47 Å². The molecule has 0 spiro atoms. The summed E-state index contributed by atoms with van der Waals surface area (Å²) in [7, 11) is 0. The van der Waals surface area contributed by atoms with Crippen molar-refractivity contribution in [3.05, 3.63) is 49.0 Å². The molecule has 0 radical (unpaired) electrons. The van der Waals surface area contributed by atoms with Crippen molar-refractivity contribution in [1.82, 2.24) is 0 Å². The molecular weight excluding hydrogens is 360 g/mol. The van der Waals surface area contributed by atoms with Crippen LogP contribution in [0.4, 0.5) is 0 Å². The minimum Gasteiger partial charge on any atom is -0.507 e. The second kappa shape index (κ2) is 6.92. The zero-order valence-corrected chi connectivity index (χ0v) is 17.8. The molecule has 1 N–H and O–H groups in total. The minimum absolute atomic E-state index is 0.479. The van der Waals surface area contributed by atoms with Crippen LogP contribution in [0.3, 0.4) is 0 Å². The first-order valence-corrected chi connectivity index (χ1v) is 9.52.